The fourth-order valence-electron chi connectivity index (χ4n) is 4.26. The molecule has 34 heavy (non-hydrogen) atoms. The van der Waals surface area contributed by atoms with Crippen LogP contribution in [0.1, 0.15) is 33.3 Å². The number of amides is 1. The maximum atomic E-state index is 13.4. The molecule has 0 unspecified atom stereocenters. The standard InChI is InChI=1S/C25H32N4O5/c1-16(2)29(17(3)4)22(30)15-28-19-8-7-12-26-23(19)24(31)27(25(28)32)13-11-18-9-10-20(33-5)21(14-18)34-6/h7-10,12,14,16-17H,11,13,15H2,1-6H3. The number of rotatable bonds is 9. The van der Waals surface area contributed by atoms with Gasteiger partial charge in [-0.05, 0) is 63.9 Å². The van der Waals surface area contributed by atoms with Crippen LogP contribution in [-0.4, -0.2) is 51.2 Å². The molecule has 0 bridgehead atoms. The minimum atomic E-state index is -0.535. The lowest BCUT2D eigenvalue weighted by Gasteiger charge is -2.31. The molecule has 3 rings (SSSR count). The lowest BCUT2D eigenvalue weighted by molar-refractivity contribution is -0.135. The smallest absolute Gasteiger partial charge is 0.332 e. The monoisotopic (exact) mass is 468 g/mol. The number of aromatic nitrogens is 3. The quantitative estimate of drug-likeness (QED) is 0.479. The van der Waals surface area contributed by atoms with Crippen molar-refractivity contribution < 1.29 is 14.3 Å². The second-order valence-corrected chi connectivity index (χ2v) is 8.62. The Morgan fingerprint density at radius 1 is 1.00 bits per heavy atom. The van der Waals surface area contributed by atoms with Gasteiger partial charge >= 0.3 is 5.69 Å². The third kappa shape index (κ3) is 4.98. The second-order valence-electron chi connectivity index (χ2n) is 8.62. The summed E-state index contributed by atoms with van der Waals surface area (Å²) in [6.07, 6.45) is 1.92. The second kappa shape index (κ2) is 10.5. The van der Waals surface area contributed by atoms with Crippen LogP contribution in [0, 0.1) is 0 Å². The van der Waals surface area contributed by atoms with E-state index in [9.17, 15) is 14.4 Å². The Labute approximate surface area is 198 Å². The van der Waals surface area contributed by atoms with E-state index in [1.165, 1.54) is 10.8 Å². The van der Waals surface area contributed by atoms with Gasteiger partial charge in [0, 0.05) is 24.8 Å². The Bertz CT molecular complexity index is 1280. The van der Waals surface area contributed by atoms with Gasteiger partial charge in [0.15, 0.2) is 17.0 Å². The summed E-state index contributed by atoms with van der Waals surface area (Å²) in [6, 6.07) is 8.70. The third-order valence-electron chi connectivity index (χ3n) is 5.75. The maximum absolute atomic E-state index is 13.4. The van der Waals surface area contributed by atoms with Crippen LogP contribution >= 0.6 is 0 Å². The van der Waals surface area contributed by atoms with E-state index in [0.717, 1.165) is 10.1 Å². The Morgan fingerprint density at radius 2 is 1.68 bits per heavy atom. The summed E-state index contributed by atoms with van der Waals surface area (Å²) in [7, 11) is 3.11. The first-order valence-corrected chi connectivity index (χ1v) is 11.3. The fourth-order valence-corrected chi connectivity index (χ4v) is 4.26. The number of ether oxygens (including phenoxy) is 2. The first-order chi connectivity index (χ1) is 16.2. The highest BCUT2D eigenvalue weighted by Gasteiger charge is 2.23. The fraction of sp³-hybridized carbons (Fsp3) is 0.440. The Morgan fingerprint density at radius 3 is 2.29 bits per heavy atom. The minimum absolute atomic E-state index is 0.0245. The molecule has 9 heteroatoms. The number of carbonyl (C=O) groups excluding carboxylic acids is 1. The number of hydrogen-bond acceptors (Lipinski definition) is 6. The summed E-state index contributed by atoms with van der Waals surface area (Å²) in [6.45, 7) is 7.70. The van der Waals surface area contributed by atoms with E-state index in [-0.39, 0.29) is 36.6 Å². The van der Waals surface area contributed by atoms with Crippen molar-refractivity contribution >= 4 is 16.9 Å². The van der Waals surface area contributed by atoms with Crippen LogP contribution in [0.3, 0.4) is 0 Å². The largest absolute Gasteiger partial charge is 0.493 e. The number of carbonyl (C=O) groups is 1. The molecule has 0 saturated carbocycles. The molecule has 0 fully saturated rings. The number of fused-ring (bicyclic) bond motifs is 1. The molecule has 0 aliphatic heterocycles. The molecule has 0 saturated heterocycles. The topological polar surface area (TPSA) is 95.7 Å². The molecule has 182 valence electrons. The average molecular weight is 469 g/mol. The summed E-state index contributed by atoms with van der Waals surface area (Å²) < 4.78 is 13.1. The molecule has 0 atom stereocenters. The van der Waals surface area contributed by atoms with Gasteiger partial charge in [0.1, 0.15) is 6.54 Å². The van der Waals surface area contributed by atoms with Crippen molar-refractivity contribution in [3.8, 4) is 11.5 Å². The number of nitrogens with zero attached hydrogens (tertiary/aromatic N) is 4. The number of benzene rings is 1. The van der Waals surface area contributed by atoms with Gasteiger partial charge in [0.05, 0.1) is 19.7 Å². The predicted molar refractivity (Wildman–Crippen MR) is 131 cm³/mol. The van der Waals surface area contributed by atoms with E-state index in [0.29, 0.717) is 23.4 Å². The zero-order chi connectivity index (χ0) is 25.0. The zero-order valence-electron chi connectivity index (χ0n) is 20.6. The summed E-state index contributed by atoms with van der Waals surface area (Å²) in [5.41, 5.74) is 0.364. The van der Waals surface area contributed by atoms with Gasteiger partial charge in [-0.15, -0.1) is 0 Å². The Balaban J connectivity index is 2.03. The number of aryl methyl sites for hydroxylation is 1. The van der Waals surface area contributed by atoms with E-state index in [1.807, 2.05) is 39.8 Å². The highest BCUT2D eigenvalue weighted by Crippen LogP contribution is 2.27. The lowest BCUT2D eigenvalue weighted by atomic mass is 10.1. The van der Waals surface area contributed by atoms with Crippen LogP contribution in [0.5, 0.6) is 11.5 Å². The molecule has 0 spiro atoms. The van der Waals surface area contributed by atoms with Gasteiger partial charge in [-0.3, -0.25) is 18.7 Å². The third-order valence-corrected chi connectivity index (χ3v) is 5.75. The SMILES string of the molecule is COc1ccc(CCn2c(=O)c3ncccc3n(CC(=O)N(C(C)C)C(C)C)c2=O)cc1OC. The molecule has 0 radical (unpaired) electrons. The minimum Gasteiger partial charge on any atom is -0.493 e. The molecular formula is C25H32N4O5. The van der Waals surface area contributed by atoms with Crippen molar-refractivity contribution in [2.75, 3.05) is 14.2 Å². The molecule has 9 nitrogen and oxygen atoms in total. The number of pyridine rings is 1. The van der Waals surface area contributed by atoms with Crippen molar-refractivity contribution in [2.45, 2.75) is 59.3 Å². The lowest BCUT2D eigenvalue weighted by Crippen LogP contribution is -2.47. The first-order valence-electron chi connectivity index (χ1n) is 11.3. The summed E-state index contributed by atoms with van der Waals surface area (Å²) >= 11 is 0. The van der Waals surface area contributed by atoms with Crippen molar-refractivity contribution in [1.29, 1.82) is 0 Å². The van der Waals surface area contributed by atoms with Gasteiger partial charge in [-0.25, -0.2) is 9.78 Å². The van der Waals surface area contributed by atoms with E-state index >= 15 is 0 Å². The number of hydrogen-bond donors (Lipinski definition) is 0. The maximum Gasteiger partial charge on any atom is 0.332 e. The van der Waals surface area contributed by atoms with Crippen LogP contribution in [-0.2, 0) is 24.3 Å². The molecule has 0 aliphatic carbocycles. The van der Waals surface area contributed by atoms with Crippen molar-refractivity contribution in [2.24, 2.45) is 0 Å². The van der Waals surface area contributed by atoms with Crippen molar-refractivity contribution in [3.05, 3.63) is 62.9 Å². The average Bonchev–Trinajstić information content (AvgIpc) is 2.81. The van der Waals surface area contributed by atoms with E-state index in [1.54, 1.807) is 37.3 Å². The molecule has 2 heterocycles. The van der Waals surface area contributed by atoms with Crippen molar-refractivity contribution in [1.82, 2.24) is 19.0 Å². The summed E-state index contributed by atoms with van der Waals surface area (Å²) in [5, 5.41) is 0. The molecule has 2 aromatic heterocycles. The number of methoxy groups -OCH3 is 2. The van der Waals surface area contributed by atoms with Crippen LogP contribution in [0.25, 0.3) is 11.0 Å². The van der Waals surface area contributed by atoms with Crippen LogP contribution in [0.2, 0.25) is 0 Å². The normalized spacial score (nSPS) is 11.3. The summed E-state index contributed by atoms with van der Waals surface area (Å²) in [5.74, 6) is 0.972. The first kappa shape index (κ1) is 25.0. The molecular weight excluding hydrogens is 436 g/mol. The molecule has 1 amide bonds. The van der Waals surface area contributed by atoms with Crippen LogP contribution in [0.4, 0.5) is 0 Å². The van der Waals surface area contributed by atoms with Gasteiger partial charge in [0.2, 0.25) is 5.91 Å². The van der Waals surface area contributed by atoms with E-state index in [2.05, 4.69) is 4.98 Å². The van der Waals surface area contributed by atoms with E-state index < -0.39 is 11.2 Å². The van der Waals surface area contributed by atoms with Gasteiger partial charge in [0.25, 0.3) is 5.56 Å². The van der Waals surface area contributed by atoms with E-state index in [4.69, 9.17) is 9.47 Å². The zero-order valence-corrected chi connectivity index (χ0v) is 20.6. The Kier molecular flexibility index (Phi) is 7.75. The molecule has 1 aromatic carbocycles. The summed E-state index contributed by atoms with van der Waals surface area (Å²) in [4.78, 5) is 45.6. The van der Waals surface area contributed by atoms with Crippen molar-refractivity contribution in [3.63, 3.8) is 0 Å². The van der Waals surface area contributed by atoms with Crippen LogP contribution in [0.15, 0.2) is 46.1 Å². The van der Waals surface area contributed by atoms with Gasteiger partial charge in [-0.2, -0.15) is 0 Å². The highest BCUT2D eigenvalue weighted by molar-refractivity contribution is 5.80. The predicted octanol–water partition coefficient (Wildman–Crippen LogP) is 2.46. The Hall–Kier alpha value is -3.62. The molecule has 0 aliphatic rings. The molecule has 3 aromatic rings. The van der Waals surface area contributed by atoms with Gasteiger partial charge in [-0.1, -0.05) is 6.07 Å². The molecule has 0 N–H and O–H groups in total. The highest BCUT2D eigenvalue weighted by atomic mass is 16.5. The van der Waals surface area contributed by atoms with Crippen LogP contribution < -0.4 is 20.7 Å². The van der Waals surface area contributed by atoms with Gasteiger partial charge < -0.3 is 14.4 Å².